The van der Waals surface area contributed by atoms with Crippen LogP contribution >= 0.6 is 0 Å². The number of carbonyl (C=O) groups excluding carboxylic acids is 1. The fourth-order valence-corrected chi connectivity index (χ4v) is 1.91. The Morgan fingerprint density at radius 1 is 1.00 bits per heavy atom. The molecule has 96 valence electrons. The SMILES string of the molecule is CCCCCCCCCCC(F)CC(C)=O. The van der Waals surface area contributed by atoms with Crippen LogP contribution in [0.4, 0.5) is 4.39 Å². The predicted octanol–water partition coefficient (Wildman–Crippen LogP) is 4.83. The van der Waals surface area contributed by atoms with Gasteiger partial charge in [0.05, 0.1) is 0 Å². The zero-order valence-electron chi connectivity index (χ0n) is 10.9. The van der Waals surface area contributed by atoms with E-state index in [0.29, 0.717) is 6.42 Å². The molecule has 2 heteroatoms. The van der Waals surface area contributed by atoms with Gasteiger partial charge in [-0.1, -0.05) is 58.3 Å². The smallest absolute Gasteiger partial charge is 0.132 e. The van der Waals surface area contributed by atoms with Crippen LogP contribution in [0.3, 0.4) is 0 Å². The Labute approximate surface area is 99.8 Å². The summed E-state index contributed by atoms with van der Waals surface area (Å²) < 4.78 is 13.1. The molecule has 0 aromatic carbocycles. The molecule has 0 fully saturated rings. The first-order chi connectivity index (χ1) is 7.66. The zero-order valence-corrected chi connectivity index (χ0v) is 10.9. The van der Waals surface area contributed by atoms with E-state index in [-0.39, 0.29) is 12.2 Å². The highest BCUT2D eigenvalue weighted by molar-refractivity contribution is 5.75. The van der Waals surface area contributed by atoms with Crippen molar-refractivity contribution in [3.8, 4) is 0 Å². The molecule has 0 amide bonds. The number of unbranched alkanes of at least 4 members (excludes halogenated alkanes) is 7. The van der Waals surface area contributed by atoms with Crippen LogP contribution in [0.25, 0.3) is 0 Å². The van der Waals surface area contributed by atoms with Gasteiger partial charge in [0.25, 0.3) is 0 Å². The molecule has 0 aliphatic rings. The van der Waals surface area contributed by atoms with Gasteiger partial charge in [-0.3, -0.25) is 4.79 Å². The summed E-state index contributed by atoms with van der Waals surface area (Å²) in [7, 11) is 0. The van der Waals surface area contributed by atoms with Gasteiger partial charge in [-0.2, -0.15) is 0 Å². The van der Waals surface area contributed by atoms with Crippen molar-refractivity contribution in [2.75, 3.05) is 0 Å². The fourth-order valence-electron chi connectivity index (χ4n) is 1.91. The van der Waals surface area contributed by atoms with E-state index in [1.165, 1.54) is 45.4 Å². The Bertz CT molecular complexity index is 168. The van der Waals surface area contributed by atoms with Crippen molar-refractivity contribution in [1.29, 1.82) is 0 Å². The first-order valence-corrected chi connectivity index (χ1v) is 6.80. The Kier molecular flexibility index (Phi) is 10.8. The largest absolute Gasteiger partial charge is 0.300 e. The zero-order chi connectivity index (χ0) is 12.2. The molecule has 0 heterocycles. The Morgan fingerprint density at radius 2 is 1.50 bits per heavy atom. The Hall–Kier alpha value is -0.400. The summed E-state index contributed by atoms with van der Waals surface area (Å²) >= 11 is 0. The van der Waals surface area contributed by atoms with Crippen molar-refractivity contribution in [3.63, 3.8) is 0 Å². The van der Waals surface area contributed by atoms with E-state index in [1.807, 2.05) is 0 Å². The van der Waals surface area contributed by atoms with Crippen LogP contribution in [-0.2, 0) is 4.79 Å². The minimum atomic E-state index is -0.905. The number of carbonyl (C=O) groups is 1. The second kappa shape index (κ2) is 11.1. The molecule has 0 aliphatic carbocycles. The number of alkyl halides is 1. The molecule has 0 aromatic heterocycles. The fraction of sp³-hybridized carbons (Fsp3) is 0.929. The minimum absolute atomic E-state index is 0.0351. The quantitative estimate of drug-likeness (QED) is 0.464. The van der Waals surface area contributed by atoms with Crippen LogP contribution in [0.15, 0.2) is 0 Å². The summed E-state index contributed by atoms with van der Waals surface area (Å²) in [5.41, 5.74) is 0. The summed E-state index contributed by atoms with van der Waals surface area (Å²) in [5.74, 6) is -0.0351. The summed E-state index contributed by atoms with van der Waals surface area (Å²) in [6, 6.07) is 0. The maximum atomic E-state index is 13.1. The highest BCUT2D eigenvalue weighted by Crippen LogP contribution is 2.13. The molecule has 1 nitrogen and oxygen atoms in total. The minimum Gasteiger partial charge on any atom is -0.300 e. The number of hydrogen-bond donors (Lipinski definition) is 0. The van der Waals surface area contributed by atoms with Crippen molar-refractivity contribution in [2.24, 2.45) is 0 Å². The van der Waals surface area contributed by atoms with Crippen molar-refractivity contribution in [1.82, 2.24) is 0 Å². The molecule has 0 saturated carbocycles. The first kappa shape index (κ1) is 15.6. The Balaban J connectivity index is 3.11. The molecule has 0 spiro atoms. The molecule has 1 atom stereocenters. The molecule has 0 N–H and O–H groups in total. The van der Waals surface area contributed by atoms with Gasteiger partial charge in [0.1, 0.15) is 12.0 Å². The highest BCUT2D eigenvalue weighted by atomic mass is 19.1. The van der Waals surface area contributed by atoms with Crippen LogP contribution in [0.5, 0.6) is 0 Å². The van der Waals surface area contributed by atoms with Crippen LogP contribution in [0.2, 0.25) is 0 Å². The van der Waals surface area contributed by atoms with Gasteiger partial charge in [-0.25, -0.2) is 4.39 Å². The molecule has 1 unspecified atom stereocenters. The van der Waals surface area contributed by atoms with Crippen LogP contribution in [0, 0.1) is 0 Å². The van der Waals surface area contributed by atoms with Crippen LogP contribution in [-0.4, -0.2) is 12.0 Å². The molecule has 16 heavy (non-hydrogen) atoms. The molecule has 0 aliphatic heterocycles. The average Bonchev–Trinajstić information content (AvgIpc) is 2.21. The number of hydrogen-bond acceptors (Lipinski definition) is 1. The van der Waals surface area contributed by atoms with Gasteiger partial charge >= 0.3 is 0 Å². The van der Waals surface area contributed by atoms with E-state index in [4.69, 9.17) is 0 Å². The highest BCUT2D eigenvalue weighted by Gasteiger charge is 2.08. The standard InChI is InChI=1S/C14H27FO/c1-3-4-5-6-7-8-9-10-11-14(15)12-13(2)16/h14H,3-12H2,1-2H3. The van der Waals surface area contributed by atoms with Gasteiger partial charge in [0.15, 0.2) is 0 Å². The molecule has 0 bridgehead atoms. The maximum absolute atomic E-state index is 13.1. The van der Waals surface area contributed by atoms with E-state index in [0.717, 1.165) is 12.8 Å². The van der Waals surface area contributed by atoms with Crippen molar-refractivity contribution >= 4 is 5.78 Å². The van der Waals surface area contributed by atoms with Crippen LogP contribution < -0.4 is 0 Å². The molecule has 0 radical (unpaired) electrons. The molecule has 0 aromatic rings. The van der Waals surface area contributed by atoms with E-state index in [1.54, 1.807) is 0 Å². The van der Waals surface area contributed by atoms with Gasteiger partial charge in [-0.15, -0.1) is 0 Å². The summed E-state index contributed by atoms with van der Waals surface area (Å²) in [6.45, 7) is 3.68. The lowest BCUT2D eigenvalue weighted by molar-refractivity contribution is -0.118. The van der Waals surface area contributed by atoms with E-state index >= 15 is 0 Å². The van der Waals surface area contributed by atoms with Crippen LogP contribution in [0.1, 0.15) is 78.1 Å². The first-order valence-electron chi connectivity index (χ1n) is 6.80. The van der Waals surface area contributed by atoms with Gasteiger partial charge < -0.3 is 0 Å². The van der Waals surface area contributed by atoms with E-state index in [9.17, 15) is 9.18 Å². The number of halogens is 1. The van der Waals surface area contributed by atoms with Crippen molar-refractivity contribution < 1.29 is 9.18 Å². The predicted molar refractivity (Wildman–Crippen MR) is 67.4 cm³/mol. The molecular weight excluding hydrogens is 203 g/mol. The molecule has 0 saturated heterocycles. The van der Waals surface area contributed by atoms with E-state index < -0.39 is 6.17 Å². The Morgan fingerprint density at radius 3 is 2.00 bits per heavy atom. The summed E-state index contributed by atoms with van der Waals surface area (Å²) in [4.78, 5) is 10.6. The monoisotopic (exact) mass is 230 g/mol. The van der Waals surface area contributed by atoms with Gasteiger partial charge in [0.2, 0.25) is 0 Å². The molecular formula is C14H27FO. The maximum Gasteiger partial charge on any atom is 0.132 e. The second-order valence-corrected chi connectivity index (χ2v) is 4.77. The van der Waals surface area contributed by atoms with E-state index in [2.05, 4.69) is 6.92 Å². The summed E-state index contributed by atoms with van der Waals surface area (Å²) in [5, 5.41) is 0. The van der Waals surface area contributed by atoms with Gasteiger partial charge in [-0.05, 0) is 13.3 Å². The lowest BCUT2D eigenvalue weighted by Gasteiger charge is -2.05. The number of rotatable bonds is 11. The summed E-state index contributed by atoms with van der Waals surface area (Å²) in [6.07, 6.45) is 9.60. The third-order valence-electron chi connectivity index (χ3n) is 2.88. The number of Topliss-reactive ketones (excluding diaryl/α,β-unsaturated/α-hetero) is 1. The normalized spacial score (nSPS) is 12.7. The third kappa shape index (κ3) is 11.7. The average molecular weight is 230 g/mol. The lowest BCUT2D eigenvalue weighted by Crippen LogP contribution is -2.05. The van der Waals surface area contributed by atoms with Gasteiger partial charge in [0, 0.05) is 6.42 Å². The van der Waals surface area contributed by atoms with Crippen molar-refractivity contribution in [2.45, 2.75) is 84.2 Å². The number of ketones is 1. The molecule has 0 rings (SSSR count). The second-order valence-electron chi connectivity index (χ2n) is 4.77. The lowest BCUT2D eigenvalue weighted by atomic mass is 10.0. The third-order valence-corrected chi connectivity index (χ3v) is 2.88. The van der Waals surface area contributed by atoms with Crippen molar-refractivity contribution in [3.05, 3.63) is 0 Å². The topological polar surface area (TPSA) is 17.1 Å².